The van der Waals surface area contributed by atoms with Crippen molar-refractivity contribution in [3.05, 3.63) is 29.8 Å². The zero-order valence-corrected chi connectivity index (χ0v) is 16.7. The zero-order chi connectivity index (χ0) is 18.8. The maximum atomic E-state index is 11.7. The molecule has 1 aliphatic carbocycles. The number of benzene rings is 1. The van der Waals surface area contributed by atoms with Gasteiger partial charge < -0.3 is 10.6 Å². The van der Waals surface area contributed by atoms with Crippen molar-refractivity contribution in [2.75, 3.05) is 20.6 Å². The lowest BCUT2D eigenvalue weighted by Gasteiger charge is -2.13. The van der Waals surface area contributed by atoms with E-state index in [1.807, 2.05) is 12.1 Å². The van der Waals surface area contributed by atoms with E-state index in [1.54, 1.807) is 19.2 Å². The Labute approximate surface area is 157 Å². The van der Waals surface area contributed by atoms with Crippen LogP contribution in [0.15, 0.2) is 34.2 Å². The summed E-state index contributed by atoms with van der Waals surface area (Å²) in [5.74, 6) is 1.74. The van der Waals surface area contributed by atoms with E-state index in [1.165, 1.54) is 45.6 Å². The van der Waals surface area contributed by atoms with Gasteiger partial charge in [-0.1, -0.05) is 50.7 Å². The first-order valence-electron chi connectivity index (χ1n) is 9.52. The van der Waals surface area contributed by atoms with Crippen molar-refractivity contribution in [3.63, 3.8) is 0 Å². The van der Waals surface area contributed by atoms with E-state index in [0.29, 0.717) is 6.54 Å². The molecule has 0 aliphatic heterocycles. The van der Waals surface area contributed by atoms with E-state index < -0.39 is 10.0 Å². The molecule has 1 saturated carbocycles. The van der Waals surface area contributed by atoms with Crippen LogP contribution in [0.4, 0.5) is 0 Å². The van der Waals surface area contributed by atoms with Gasteiger partial charge in [0, 0.05) is 20.1 Å². The second kappa shape index (κ2) is 10.5. The number of unbranched alkanes of at least 4 members (excludes halogenated alkanes) is 1. The highest BCUT2D eigenvalue weighted by molar-refractivity contribution is 7.89. The van der Waals surface area contributed by atoms with Crippen LogP contribution in [0.1, 0.15) is 50.5 Å². The van der Waals surface area contributed by atoms with Crippen LogP contribution in [0, 0.1) is 5.92 Å². The molecule has 146 valence electrons. The maximum Gasteiger partial charge on any atom is 0.240 e. The molecule has 2 rings (SSSR count). The van der Waals surface area contributed by atoms with Crippen LogP contribution >= 0.6 is 0 Å². The molecule has 26 heavy (non-hydrogen) atoms. The number of sulfonamides is 1. The highest BCUT2D eigenvalue weighted by Gasteiger charge is 2.14. The average Bonchev–Trinajstić information content (AvgIpc) is 3.17. The minimum absolute atomic E-state index is 0.272. The molecule has 7 heteroatoms. The molecule has 0 bridgehead atoms. The highest BCUT2D eigenvalue weighted by Crippen LogP contribution is 2.28. The summed E-state index contributed by atoms with van der Waals surface area (Å²) in [4.78, 5) is 4.51. The Balaban J connectivity index is 1.67. The summed E-state index contributed by atoms with van der Waals surface area (Å²) >= 11 is 0. The molecule has 0 atom stereocenters. The Hall–Kier alpha value is -1.60. The quantitative estimate of drug-likeness (QED) is 0.349. The monoisotopic (exact) mass is 380 g/mol. The second-order valence-corrected chi connectivity index (χ2v) is 8.74. The van der Waals surface area contributed by atoms with Gasteiger partial charge in [-0.25, -0.2) is 13.1 Å². The molecule has 1 aromatic rings. The lowest BCUT2D eigenvalue weighted by molar-refractivity contribution is 0.472. The Morgan fingerprint density at radius 3 is 2.42 bits per heavy atom. The van der Waals surface area contributed by atoms with E-state index in [9.17, 15) is 8.42 Å². The first-order valence-corrected chi connectivity index (χ1v) is 11.0. The number of hydrogen-bond donors (Lipinski definition) is 3. The van der Waals surface area contributed by atoms with E-state index in [4.69, 9.17) is 0 Å². The second-order valence-electron chi connectivity index (χ2n) is 6.85. The zero-order valence-electron chi connectivity index (χ0n) is 15.9. The van der Waals surface area contributed by atoms with E-state index in [2.05, 4.69) is 20.3 Å². The van der Waals surface area contributed by atoms with Crippen molar-refractivity contribution in [1.82, 2.24) is 15.4 Å². The molecule has 3 N–H and O–H groups in total. The molecule has 0 amide bonds. The first kappa shape index (κ1) is 20.7. The third-order valence-electron chi connectivity index (χ3n) is 4.99. The SMILES string of the molecule is CN=C(NCCCCC1CCCC1)NCc1ccc(S(=O)(=O)NC)cc1. The fourth-order valence-corrected chi connectivity index (χ4v) is 4.10. The van der Waals surface area contributed by atoms with Crippen molar-refractivity contribution in [3.8, 4) is 0 Å². The lowest BCUT2D eigenvalue weighted by Crippen LogP contribution is -2.37. The van der Waals surface area contributed by atoms with Gasteiger partial charge >= 0.3 is 0 Å². The Morgan fingerprint density at radius 1 is 1.12 bits per heavy atom. The van der Waals surface area contributed by atoms with Gasteiger partial charge in [-0.3, -0.25) is 4.99 Å². The molecule has 1 aromatic carbocycles. The van der Waals surface area contributed by atoms with Crippen LogP contribution in [0.25, 0.3) is 0 Å². The summed E-state index contributed by atoms with van der Waals surface area (Å²) in [5, 5.41) is 6.61. The van der Waals surface area contributed by atoms with Crippen LogP contribution in [0.5, 0.6) is 0 Å². The smallest absolute Gasteiger partial charge is 0.240 e. The summed E-state index contributed by atoms with van der Waals surface area (Å²) in [6, 6.07) is 6.85. The molecular weight excluding hydrogens is 348 g/mol. The van der Waals surface area contributed by atoms with E-state index >= 15 is 0 Å². The van der Waals surface area contributed by atoms with Crippen molar-refractivity contribution in [2.45, 2.75) is 56.4 Å². The number of rotatable bonds is 9. The highest BCUT2D eigenvalue weighted by atomic mass is 32.2. The summed E-state index contributed by atoms with van der Waals surface area (Å²) in [6.07, 6.45) is 9.47. The minimum atomic E-state index is -3.38. The van der Waals surface area contributed by atoms with Crippen LogP contribution in [-0.2, 0) is 16.6 Å². The molecule has 0 spiro atoms. The molecule has 1 aliphatic rings. The fraction of sp³-hybridized carbons (Fsp3) is 0.632. The number of guanidine groups is 1. The van der Waals surface area contributed by atoms with Gasteiger partial charge in [0.2, 0.25) is 10.0 Å². The maximum absolute atomic E-state index is 11.7. The number of aliphatic imine (C=N–C) groups is 1. The number of nitrogens with one attached hydrogen (secondary N) is 3. The Morgan fingerprint density at radius 2 is 1.81 bits per heavy atom. The largest absolute Gasteiger partial charge is 0.356 e. The van der Waals surface area contributed by atoms with Crippen LogP contribution < -0.4 is 15.4 Å². The summed E-state index contributed by atoms with van der Waals surface area (Å²) in [7, 11) is -0.210. The van der Waals surface area contributed by atoms with Gasteiger partial charge in [-0.2, -0.15) is 0 Å². The number of nitrogens with zero attached hydrogens (tertiary/aromatic N) is 1. The molecule has 6 nitrogen and oxygen atoms in total. The van der Waals surface area contributed by atoms with Crippen molar-refractivity contribution < 1.29 is 8.42 Å². The average molecular weight is 381 g/mol. The molecule has 0 saturated heterocycles. The summed E-state index contributed by atoms with van der Waals surface area (Å²) < 4.78 is 25.8. The van der Waals surface area contributed by atoms with Crippen LogP contribution in [0.2, 0.25) is 0 Å². The third kappa shape index (κ3) is 6.61. The first-order chi connectivity index (χ1) is 12.5. The summed E-state index contributed by atoms with van der Waals surface area (Å²) in [6.45, 7) is 1.52. The Bertz CT molecular complexity index is 665. The fourth-order valence-electron chi connectivity index (χ4n) is 3.37. The van der Waals surface area contributed by atoms with Gasteiger partial charge in [0.15, 0.2) is 5.96 Å². The van der Waals surface area contributed by atoms with Crippen LogP contribution in [-0.4, -0.2) is 35.0 Å². The Kier molecular flexibility index (Phi) is 8.38. The molecule has 0 radical (unpaired) electrons. The van der Waals surface area contributed by atoms with Gasteiger partial charge in [-0.05, 0) is 37.1 Å². The van der Waals surface area contributed by atoms with Gasteiger partial charge in [-0.15, -0.1) is 0 Å². The minimum Gasteiger partial charge on any atom is -0.356 e. The third-order valence-corrected chi connectivity index (χ3v) is 6.42. The predicted molar refractivity (Wildman–Crippen MR) is 107 cm³/mol. The summed E-state index contributed by atoms with van der Waals surface area (Å²) in [5.41, 5.74) is 1.00. The van der Waals surface area contributed by atoms with Crippen LogP contribution in [0.3, 0.4) is 0 Å². The lowest BCUT2D eigenvalue weighted by atomic mass is 10.0. The molecule has 1 fully saturated rings. The standard InChI is InChI=1S/C19H32N4O2S/c1-20-19(22-14-6-5-9-16-7-3-4-8-16)23-15-17-10-12-18(13-11-17)26(24,25)21-2/h10-13,16,21H,3-9,14-15H2,1-2H3,(H2,20,22,23). The molecular formula is C19H32N4O2S. The molecule has 0 heterocycles. The number of hydrogen-bond acceptors (Lipinski definition) is 3. The van der Waals surface area contributed by atoms with E-state index in [-0.39, 0.29) is 4.90 Å². The predicted octanol–water partition coefficient (Wildman–Crippen LogP) is 2.62. The van der Waals surface area contributed by atoms with Crippen molar-refractivity contribution in [1.29, 1.82) is 0 Å². The molecule has 0 unspecified atom stereocenters. The normalized spacial score (nSPS) is 16.0. The van der Waals surface area contributed by atoms with Gasteiger partial charge in [0.05, 0.1) is 4.90 Å². The topological polar surface area (TPSA) is 82.6 Å². The van der Waals surface area contributed by atoms with Gasteiger partial charge in [0.25, 0.3) is 0 Å². The van der Waals surface area contributed by atoms with Gasteiger partial charge in [0.1, 0.15) is 0 Å². The van der Waals surface area contributed by atoms with E-state index in [0.717, 1.165) is 30.4 Å². The molecule has 0 aromatic heterocycles. The van der Waals surface area contributed by atoms with Crippen molar-refractivity contribution >= 4 is 16.0 Å². The van der Waals surface area contributed by atoms with Crippen molar-refractivity contribution in [2.24, 2.45) is 10.9 Å².